The van der Waals surface area contributed by atoms with Crippen molar-refractivity contribution in [2.45, 2.75) is 38.3 Å². The number of carbonyl (C=O) groups is 1. The average molecular weight is 665 g/mol. The van der Waals surface area contributed by atoms with Crippen LogP contribution in [0.1, 0.15) is 35.6 Å². The Hall–Kier alpha value is -5.00. The Labute approximate surface area is 283 Å². The van der Waals surface area contributed by atoms with E-state index in [2.05, 4.69) is 44.0 Å². The van der Waals surface area contributed by atoms with Crippen molar-refractivity contribution in [3.63, 3.8) is 0 Å². The maximum absolute atomic E-state index is 13.0. The minimum atomic E-state index is -0.223. The number of benzene rings is 2. The molecule has 2 aromatic carbocycles. The minimum Gasteiger partial charge on any atom is -0.481 e. The van der Waals surface area contributed by atoms with E-state index in [0.29, 0.717) is 34.0 Å². The Morgan fingerprint density at radius 1 is 1.12 bits per heavy atom. The van der Waals surface area contributed by atoms with Gasteiger partial charge in [-0.25, -0.2) is 19.4 Å². The van der Waals surface area contributed by atoms with Crippen LogP contribution in [0.2, 0.25) is 5.02 Å². The van der Waals surface area contributed by atoms with Crippen molar-refractivity contribution in [2.75, 3.05) is 32.6 Å². The summed E-state index contributed by atoms with van der Waals surface area (Å²) in [6.45, 7) is 3.52. The van der Waals surface area contributed by atoms with Gasteiger partial charge in [0.05, 0.1) is 29.4 Å². The normalized spacial score (nSPS) is 17.0. The number of hydrogen-bond donors (Lipinski definition) is 3. The third kappa shape index (κ3) is 5.73. The van der Waals surface area contributed by atoms with Gasteiger partial charge >= 0.3 is 6.03 Å². The van der Waals surface area contributed by atoms with Gasteiger partial charge in [0.15, 0.2) is 0 Å². The molecule has 1 aliphatic carbocycles. The molecular weight excluding hydrogens is 628 g/mol. The lowest BCUT2D eigenvalue weighted by molar-refractivity contribution is 0.227. The molecule has 0 saturated carbocycles. The summed E-state index contributed by atoms with van der Waals surface area (Å²) in [5.74, 6) is 1.08. The largest absolute Gasteiger partial charge is 0.481 e. The van der Waals surface area contributed by atoms with Crippen molar-refractivity contribution in [2.24, 2.45) is 7.05 Å². The molecular formula is C36H37ClN8O3. The standard InChI is InChI=1S/C36H37ClN8O3/c1-20-24(7-6-10-27(20)42-33-31-22(13-15-38-33)18-40-45(3)35(31)46)25-8-5-9-26(32(25)37)28-17-21-11-12-29(30(21)34(43-28)48-4)44(2)16-14-23-19-39-36(47)41-23/h5-10,13,15,17-18,23,29H,11-12,14,16,19H2,1-4H3,(H,38,42)(H2,39,41,47). The number of aromatic nitrogens is 4. The zero-order chi connectivity index (χ0) is 33.5. The summed E-state index contributed by atoms with van der Waals surface area (Å²) in [5, 5.41) is 15.1. The number of methoxy groups -OCH3 is 1. The number of nitrogens with one attached hydrogen (secondary N) is 3. The van der Waals surface area contributed by atoms with Crippen molar-refractivity contribution in [1.82, 2.24) is 35.3 Å². The number of carbonyl (C=O) groups excluding carboxylic acids is 1. The number of fused-ring (bicyclic) bond motifs is 2. The van der Waals surface area contributed by atoms with Crippen LogP contribution >= 0.6 is 11.6 Å². The second-order valence-electron chi connectivity index (χ2n) is 12.4. The third-order valence-corrected chi connectivity index (χ3v) is 9.95. The molecule has 2 unspecified atom stereocenters. The molecule has 1 saturated heterocycles. The third-order valence-electron chi connectivity index (χ3n) is 9.54. The first kappa shape index (κ1) is 31.6. The Morgan fingerprint density at radius 3 is 2.71 bits per heavy atom. The summed E-state index contributed by atoms with van der Waals surface area (Å²) in [5.41, 5.74) is 7.27. The number of halogens is 1. The van der Waals surface area contributed by atoms with E-state index < -0.39 is 0 Å². The first-order chi connectivity index (χ1) is 23.2. The van der Waals surface area contributed by atoms with Gasteiger partial charge in [0, 0.05) is 66.2 Å². The summed E-state index contributed by atoms with van der Waals surface area (Å²) in [4.78, 5) is 36.3. The van der Waals surface area contributed by atoms with E-state index in [1.165, 1.54) is 10.2 Å². The van der Waals surface area contributed by atoms with Crippen LogP contribution in [0.25, 0.3) is 33.2 Å². The van der Waals surface area contributed by atoms with Gasteiger partial charge in [-0.15, -0.1) is 0 Å². The lowest BCUT2D eigenvalue weighted by Crippen LogP contribution is -2.32. The van der Waals surface area contributed by atoms with Crippen LogP contribution in [0.15, 0.2) is 65.7 Å². The number of nitrogens with zero attached hydrogens (tertiary/aromatic N) is 5. The summed E-state index contributed by atoms with van der Waals surface area (Å²) in [6.07, 6.45) is 6.06. The Bertz CT molecular complexity index is 2120. The molecule has 3 N–H and O–H groups in total. The van der Waals surface area contributed by atoms with Crippen LogP contribution in [0.5, 0.6) is 5.88 Å². The van der Waals surface area contributed by atoms with E-state index in [1.54, 1.807) is 32.6 Å². The Balaban J connectivity index is 1.19. The second kappa shape index (κ2) is 12.9. The Morgan fingerprint density at radius 2 is 1.92 bits per heavy atom. The quantitative estimate of drug-likeness (QED) is 0.182. The highest BCUT2D eigenvalue weighted by Gasteiger charge is 2.32. The van der Waals surface area contributed by atoms with Gasteiger partial charge in [-0.3, -0.25) is 9.69 Å². The topological polar surface area (TPSA) is 126 Å². The predicted molar refractivity (Wildman–Crippen MR) is 188 cm³/mol. The highest BCUT2D eigenvalue weighted by molar-refractivity contribution is 6.36. The zero-order valence-corrected chi connectivity index (χ0v) is 28.1. The summed E-state index contributed by atoms with van der Waals surface area (Å²) in [7, 11) is 5.41. The van der Waals surface area contributed by atoms with Crippen molar-refractivity contribution >= 4 is 39.9 Å². The SMILES string of the molecule is COc1nc(-c2cccc(-c3cccc(Nc4nccc5cnn(C)c(=O)c45)c3C)c2Cl)cc2c1C(N(C)CCC1CNC(=O)N1)CC2. The number of rotatable bonds is 9. The summed E-state index contributed by atoms with van der Waals surface area (Å²) < 4.78 is 7.20. The molecule has 246 valence electrons. The summed E-state index contributed by atoms with van der Waals surface area (Å²) in [6, 6.07) is 16.1. The maximum atomic E-state index is 13.0. The fraction of sp³-hybridized carbons (Fsp3) is 0.306. The van der Waals surface area contributed by atoms with E-state index in [4.69, 9.17) is 21.3 Å². The molecule has 2 aliphatic rings. The van der Waals surface area contributed by atoms with Crippen LogP contribution in [0.4, 0.5) is 16.3 Å². The van der Waals surface area contributed by atoms with Gasteiger partial charge < -0.3 is 20.7 Å². The van der Waals surface area contributed by atoms with E-state index in [-0.39, 0.29) is 23.7 Å². The van der Waals surface area contributed by atoms with Crippen molar-refractivity contribution in [3.05, 3.63) is 93.0 Å². The molecule has 0 spiro atoms. The van der Waals surface area contributed by atoms with Gasteiger partial charge in [0.25, 0.3) is 5.56 Å². The highest BCUT2D eigenvalue weighted by Crippen LogP contribution is 2.44. The fourth-order valence-corrected chi connectivity index (χ4v) is 7.23. The van der Waals surface area contributed by atoms with E-state index in [9.17, 15) is 9.59 Å². The van der Waals surface area contributed by atoms with Crippen molar-refractivity contribution < 1.29 is 9.53 Å². The molecule has 4 heterocycles. The molecule has 2 atom stereocenters. The monoisotopic (exact) mass is 664 g/mol. The molecule has 0 bridgehead atoms. The zero-order valence-electron chi connectivity index (χ0n) is 27.3. The Kier molecular flexibility index (Phi) is 8.49. The predicted octanol–water partition coefficient (Wildman–Crippen LogP) is 5.76. The van der Waals surface area contributed by atoms with Crippen LogP contribution in [0.3, 0.4) is 0 Å². The first-order valence-electron chi connectivity index (χ1n) is 16.0. The van der Waals surface area contributed by atoms with E-state index >= 15 is 0 Å². The minimum absolute atomic E-state index is 0.0982. The lowest BCUT2D eigenvalue weighted by Gasteiger charge is -2.27. The van der Waals surface area contributed by atoms with Gasteiger partial charge in [-0.1, -0.05) is 41.9 Å². The highest BCUT2D eigenvalue weighted by atomic mass is 35.5. The number of anilines is 2. The fourth-order valence-electron chi connectivity index (χ4n) is 6.90. The van der Waals surface area contributed by atoms with Crippen LogP contribution in [0, 0.1) is 6.92 Å². The first-order valence-corrected chi connectivity index (χ1v) is 16.4. The summed E-state index contributed by atoms with van der Waals surface area (Å²) >= 11 is 7.21. The lowest BCUT2D eigenvalue weighted by atomic mass is 9.96. The van der Waals surface area contributed by atoms with E-state index in [0.717, 1.165) is 65.0 Å². The molecule has 1 aliphatic heterocycles. The van der Waals surface area contributed by atoms with Gasteiger partial charge in [-0.05, 0) is 68.1 Å². The molecule has 1 fully saturated rings. The van der Waals surface area contributed by atoms with Gasteiger partial charge in [-0.2, -0.15) is 5.10 Å². The van der Waals surface area contributed by atoms with Crippen molar-refractivity contribution in [1.29, 1.82) is 0 Å². The second-order valence-corrected chi connectivity index (χ2v) is 12.8. The van der Waals surface area contributed by atoms with E-state index in [1.807, 2.05) is 43.3 Å². The molecule has 7 rings (SSSR count). The van der Waals surface area contributed by atoms with Crippen LogP contribution < -0.4 is 26.2 Å². The van der Waals surface area contributed by atoms with Gasteiger partial charge in [0.2, 0.25) is 5.88 Å². The smallest absolute Gasteiger partial charge is 0.315 e. The average Bonchev–Trinajstić information content (AvgIpc) is 3.72. The number of ether oxygens (including phenoxy) is 1. The molecule has 5 aromatic rings. The molecule has 48 heavy (non-hydrogen) atoms. The van der Waals surface area contributed by atoms with Gasteiger partial charge in [0.1, 0.15) is 5.82 Å². The molecule has 3 aromatic heterocycles. The number of pyridine rings is 2. The number of aryl methyl sites for hydroxylation is 2. The number of amides is 2. The van der Waals surface area contributed by atoms with Crippen LogP contribution in [-0.2, 0) is 13.5 Å². The molecule has 11 nitrogen and oxygen atoms in total. The van der Waals surface area contributed by atoms with Crippen LogP contribution in [-0.4, -0.2) is 64.0 Å². The number of urea groups is 1. The molecule has 0 radical (unpaired) electrons. The molecule has 2 amide bonds. The van der Waals surface area contributed by atoms with Crippen molar-refractivity contribution in [3.8, 4) is 28.3 Å². The maximum Gasteiger partial charge on any atom is 0.315 e. The number of hydrogen-bond acceptors (Lipinski definition) is 8. The molecule has 12 heteroatoms.